The highest BCUT2D eigenvalue weighted by Gasteiger charge is 2.50. The highest BCUT2D eigenvalue weighted by molar-refractivity contribution is 5.84. The molecule has 22 heavy (non-hydrogen) atoms. The highest BCUT2D eigenvalue weighted by Crippen LogP contribution is 2.37. The fourth-order valence-electron chi connectivity index (χ4n) is 3.52. The average molecular weight is 303 g/mol. The maximum absolute atomic E-state index is 12.7. The second-order valence-electron chi connectivity index (χ2n) is 6.36. The molecule has 0 aliphatic carbocycles. The van der Waals surface area contributed by atoms with E-state index >= 15 is 0 Å². The second kappa shape index (κ2) is 6.77. The van der Waals surface area contributed by atoms with Gasteiger partial charge in [-0.25, -0.2) is 0 Å². The molecule has 0 saturated carbocycles. The number of hydrogen-bond donors (Lipinski definition) is 3. The van der Waals surface area contributed by atoms with E-state index in [0.717, 1.165) is 38.1 Å². The minimum absolute atomic E-state index is 0.119. The molecular weight excluding hydrogens is 278 g/mol. The quantitative estimate of drug-likeness (QED) is 0.737. The summed E-state index contributed by atoms with van der Waals surface area (Å²) in [6.45, 7) is 4.17. The number of rotatable bonds is 5. The van der Waals surface area contributed by atoms with Crippen LogP contribution in [0.4, 0.5) is 0 Å². The molecule has 2 fully saturated rings. The van der Waals surface area contributed by atoms with Gasteiger partial charge in [-0.15, -0.1) is 0 Å². The van der Waals surface area contributed by atoms with Gasteiger partial charge in [0.25, 0.3) is 0 Å². The van der Waals surface area contributed by atoms with Crippen LogP contribution in [-0.4, -0.2) is 38.8 Å². The van der Waals surface area contributed by atoms with Crippen LogP contribution in [0.25, 0.3) is 0 Å². The third kappa shape index (κ3) is 3.02. The Hall–Kier alpha value is -1.43. The lowest BCUT2D eigenvalue weighted by Gasteiger charge is -2.36. The largest absolute Gasteiger partial charge is 0.380 e. The minimum atomic E-state index is -0.377. The number of fused-ring (bicyclic) bond motifs is 1. The normalized spacial score (nSPS) is 27.4. The number of ether oxygens (including phenoxy) is 1. The molecule has 4 N–H and O–H groups in total. The monoisotopic (exact) mass is 303 g/mol. The summed E-state index contributed by atoms with van der Waals surface area (Å²) in [5.74, 6) is 0.515. The van der Waals surface area contributed by atoms with Crippen molar-refractivity contribution in [2.45, 2.75) is 19.4 Å². The first-order valence-electron chi connectivity index (χ1n) is 8.09. The van der Waals surface area contributed by atoms with Gasteiger partial charge in [-0.1, -0.05) is 24.3 Å². The van der Waals surface area contributed by atoms with Gasteiger partial charge >= 0.3 is 0 Å². The number of amides is 1. The van der Waals surface area contributed by atoms with Crippen molar-refractivity contribution in [1.29, 1.82) is 0 Å². The van der Waals surface area contributed by atoms with Crippen molar-refractivity contribution in [2.24, 2.45) is 17.1 Å². The molecule has 2 heterocycles. The lowest BCUT2D eigenvalue weighted by atomic mass is 9.75. The Morgan fingerprint density at radius 1 is 1.36 bits per heavy atom. The number of benzene rings is 1. The molecule has 5 nitrogen and oxygen atoms in total. The van der Waals surface area contributed by atoms with Gasteiger partial charge in [0.2, 0.25) is 5.91 Å². The lowest BCUT2D eigenvalue weighted by molar-refractivity contribution is -0.141. The molecular formula is C17H25N3O2. The molecule has 1 aromatic carbocycles. The van der Waals surface area contributed by atoms with E-state index in [9.17, 15) is 4.79 Å². The van der Waals surface area contributed by atoms with Crippen LogP contribution in [0.5, 0.6) is 0 Å². The van der Waals surface area contributed by atoms with E-state index in [1.54, 1.807) is 0 Å². The van der Waals surface area contributed by atoms with Crippen molar-refractivity contribution in [3.8, 4) is 0 Å². The van der Waals surface area contributed by atoms with Crippen molar-refractivity contribution in [3.05, 3.63) is 35.4 Å². The Morgan fingerprint density at radius 3 is 2.91 bits per heavy atom. The van der Waals surface area contributed by atoms with E-state index in [1.807, 2.05) is 0 Å². The van der Waals surface area contributed by atoms with E-state index < -0.39 is 0 Å². The predicted molar refractivity (Wildman–Crippen MR) is 85.3 cm³/mol. The van der Waals surface area contributed by atoms with Crippen LogP contribution in [0.3, 0.4) is 0 Å². The molecule has 0 aromatic heterocycles. The number of nitrogens with one attached hydrogen (secondary N) is 2. The van der Waals surface area contributed by atoms with Gasteiger partial charge in [0, 0.05) is 19.7 Å². The summed E-state index contributed by atoms with van der Waals surface area (Å²) < 4.78 is 5.59. The fraction of sp³-hybridized carbons (Fsp3) is 0.588. The Kier molecular flexibility index (Phi) is 4.76. The molecule has 0 radical (unpaired) electrons. The van der Waals surface area contributed by atoms with Gasteiger partial charge in [0.05, 0.1) is 12.0 Å². The van der Waals surface area contributed by atoms with Gasteiger partial charge in [-0.3, -0.25) is 4.79 Å². The zero-order valence-corrected chi connectivity index (χ0v) is 12.9. The van der Waals surface area contributed by atoms with Crippen molar-refractivity contribution < 1.29 is 9.53 Å². The van der Waals surface area contributed by atoms with Crippen LogP contribution < -0.4 is 16.4 Å². The van der Waals surface area contributed by atoms with E-state index in [2.05, 4.69) is 34.9 Å². The topological polar surface area (TPSA) is 76.4 Å². The maximum atomic E-state index is 12.7. The molecule has 2 aliphatic rings. The van der Waals surface area contributed by atoms with Gasteiger partial charge in [-0.05, 0) is 43.0 Å². The third-order valence-corrected chi connectivity index (χ3v) is 4.94. The third-order valence-electron chi connectivity index (χ3n) is 4.94. The van der Waals surface area contributed by atoms with Gasteiger partial charge in [0.1, 0.15) is 0 Å². The summed E-state index contributed by atoms with van der Waals surface area (Å²) in [7, 11) is 0. The summed E-state index contributed by atoms with van der Waals surface area (Å²) in [5.41, 5.74) is 7.53. The molecule has 1 aromatic rings. The summed E-state index contributed by atoms with van der Waals surface area (Å²) in [6, 6.07) is 8.28. The van der Waals surface area contributed by atoms with Gasteiger partial charge < -0.3 is 21.1 Å². The van der Waals surface area contributed by atoms with E-state index in [1.165, 1.54) is 5.56 Å². The van der Waals surface area contributed by atoms with Crippen LogP contribution in [0.1, 0.15) is 17.5 Å². The molecule has 0 unspecified atom stereocenters. The zero-order valence-electron chi connectivity index (χ0n) is 12.9. The van der Waals surface area contributed by atoms with E-state index in [0.29, 0.717) is 25.6 Å². The Bertz CT molecular complexity index is 517. The van der Waals surface area contributed by atoms with E-state index in [4.69, 9.17) is 10.5 Å². The Balaban J connectivity index is 1.59. The van der Waals surface area contributed by atoms with E-state index in [-0.39, 0.29) is 11.3 Å². The number of hydrogen-bond acceptors (Lipinski definition) is 4. The second-order valence-corrected chi connectivity index (χ2v) is 6.36. The fourth-order valence-corrected chi connectivity index (χ4v) is 3.52. The van der Waals surface area contributed by atoms with Crippen LogP contribution in [0, 0.1) is 11.3 Å². The summed E-state index contributed by atoms with van der Waals surface area (Å²) in [4.78, 5) is 12.7. The molecule has 3 rings (SSSR count). The molecule has 0 bridgehead atoms. The molecule has 0 spiro atoms. The number of nitrogens with two attached hydrogens (primary N) is 1. The van der Waals surface area contributed by atoms with Crippen LogP contribution in [0.2, 0.25) is 0 Å². The molecule has 120 valence electrons. The Labute approximate surface area is 131 Å². The molecule has 2 aliphatic heterocycles. The number of carbonyl (C=O) groups excluding carboxylic acids is 1. The first-order valence-corrected chi connectivity index (χ1v) is 8.09. The first kappa shape index (κ1) is 15.5. The van der Waals surface area contributed by atoms with Crippen LogP contribution in [-0.2, 0) is 22.5 Å². The van der Waals surface area contributed by atoms with Gasteiger partial charge in [-0.2, -0.15) is 0 Å². The number of carbonyl (C=O) groups is 1. The summed E-state index contributed by atoms with van der Waals surface area (Å²) in [6.07, 6.45) is 1.86. The molecule has 1 amide bonds. The highest BCUT2D eigenvalue weighted by atomic mass is 16.5. The Morgan fingerprint density at radius 2 is 2.14 bits per heavy atom. The smallest absolute Gasteiger partial charge is 0.230 e. The lowest BCUT2D eigenvalue weighted by Crippen LogP contribution is -2.51. The minimum Gasteiger partial charge on any atom is -0.380 e. The summed E-state index contributed by atoms with van der Waals surface area (Å²) in [5, 5.41) is 6.45. The average Bonchev–Trinajstić information content (AvgIpc) is 2.99. The van der Waals surface area contributed by atoms with Crippen molar-refractivity contribution >= 4 is 5.91 Å². The molecule has 5 heteroatoms. The van der Waals surface area contributed by atoms with Gasteiger partial charge in [0.15, 0.2) is 0 Å². The van der Waals surface area contributed by atoms with Crippen molar-refractivity contribution in [3.63, 3.8) is 0 Å². The first-order chi connectivity index (χ1) is 10.7. The van der Waals surface area contributed by atoms with Crippen molar-refractivity contribution in [2.75, 3.05) is 32.8 Å². The summed E-state index contributed by atoms with van der Waals surface area (Å²) >= 11 is 0. The standard InChI is InChI=1S/C17H25N3O2/c18-7-5-13-1-3-14(4-2-13)9-20-16(21)17-11-19-10-15(17)6-8-22-12-17/h1-4,15,19H,5-12,18H2,(H,20,21)/t15-,17+/m1/s1. The SMILES string of the molecule is NCCc1ccc(CNC(=O)[C@]23CNC[C@H]2CCOC3)cc1. The molecule has 2 atom stereocenters. The van der Waals surface area contributed by atoms with Crippen LogP contribution in [0.15, 0.2) is 24.3 Å². The molecule has 2 saturated heterocycles. The maximum Gasteiger partial charge on any atom is 0.230 e. The van der Waals surface area contributed by atoms with Crippen molar-refractivity contribution in [1.82, 2.24) is 10.6 Å². The van der Waals surface area contributed by atoms with Crippen LogP contribution >= 0.6 is 0 Å². The predicted octanol–water partition coefficient (Wildman–Crippen LogP) is 0.430. The zero-order chi connectivity index (χ0) is 15.4.